The Morgan fingerprint density at radius 3 is 1.69 bits per heavy atom. The number of hydrogen-bond acceptors (Lipinski definition) is 0. The van der Waals surface area contributed by atoms with Crippen LogP contribution >= 0.6 is 0 Å². The fourth-order valence-electron chi connectivity index (χ4n) is 1.62. The summed E-state index contributed by atoms with van der Waals surface area (Å²) in [5.74, 6) is -2.61. The van der Waals surface area contributed by atoms with E-state index in [0.29, 0.717) is 6.42 Å². The fourth-order valence-corrected chi connectivity index (χ4v) is 1.62. The average molecular weight is 226 g/mol. The van der Waals surface area contributed by atoms with E-state index in [1.165, 1.54) is 20.8 Å². The van der Waals surface area contributed by atoms with E-state index in [9.17, 15) is 13.2 Å². The van der Waals surface area contributed by atoms with Gasteiger partial charge in [0.25, 0.3) is 0 Å². The van der Waals surface area contributed by atoms with Gasteiger partial charge in [-0.2, -0.15) is 0 Å². The zero-order valence-electron chi connectivity index (χ0n) is 9.92. The third-order valence-electron chi connectivity index (χ3n) is 3.06. The number of benzene rings is 1. The molecule has 0 amide bonds. The minimum Gasteiger partial charge on any atom is -0.206 e. The summed E-state index contributed by atoms with van der Waals surface area (Å²) in [6, 6.07) is 0. The lowest BCUT2D eigenvalue weighted by Gasteiger charge is -2.26. The van der Waals surface area contributed by atoms with Gasteiger partial charge in [-0.15, -0.1) is 0 Å². The molecular formula is C12H14BF3. The van der Waals surface area contributed by atoms with Crippen molar-refractivity contribution < 1.29 is 13.2 Å². The Kier molecular flexibility index (Phi) is 3.41. The maximum Gasteiger partial charge on any atom is 0.134 e. The van der Waals surface area contributed by atoms with Gasteiger partial charge < -0.3 is 0 Å². The van der Waals surface area contributed by atoms with Crippen molar-refractivity contribution in [2.45, 2.75) is 39.4 Å². The Labute approximate surface area is 95.3 Å². The molecule has 0 fully saturated rings. The first kappa shape index (κ1) is 13.1. The van der Waals surface area contributed by atoms with Crippen molar-refractivity contribution in [3.8, 4) is 0 Å². The average Bonchev–Trinajstić information content (AvgIpc) is 2.23. The normalized spacial score (nSPS) is 14.9. The van der Waals surface area contributed by atoms with Crippen LogP contribution in [-0.4, -0.2) is 7.85 Å². The van der Waals surface area contributed by atoms with Gasteiger partial charge in [0.05, 0.1) is 7.85 Å². The van der Waals surface area contributed by atoms with Crippen LogP contribution in [0.2, 0.25) is 0 Å². The second-order valence-electron chi connectivity index (χ2n) is 4.34. The molecule has 0 saturated heterocycles. The highest BCUT2D eigenvalue weighted by Crippen LogP contribution is 2.33. The van der Waals surface area contributed by atoms with E-state index in [-0.39, 0.29) is 16.7 Å². The molecule has 0 aliphatic rings. The molecule has 1 aromatic carbocycles. The summed E-state index contributed by atoms with van der Waals surface area (Å²) < 4.78 is 41.1. The highest BCUT2D eigenvalue weighted by Gasteiger charge is 2.30. The van der Waals surface area contributed by atoms with Crippen LogP contribution in [0.3, 0.4) is 0 Å². The van der Waals surface area contributed by atoms with Gasteiger partial charge in [-0.1, -0.05) is 20.3 Å². The van der Waals surface area contributed by atoms with Crippen LogP contribution in [0.15, 0.2) is 0 Å². The molecule has 0 heterocycles. The first-order chi connectivity index (χ1) is 7.24. The second kappa shape index (κ2) is 4.15. The van der Waals surface area contributed by atoms with Crippen LogP contribution in [0.25, 0.3) is 0 Å². The molecule has 0 aromatic heterocycles. The Balaban J connectivity index is 3.65. The first-order valence-electron chi connectivity index (χ1n) is 5.17. The van der Waals surface area contributed by atoms with Crippen molar-refractivity contribution in [3.63, 3.8) is 0 Å². The van der Waals surface area contributed by atoms with E-state index < -0.39 is 22.8 Å². The van der Waals surface area contributed by atoms with Crippen LogP contribution in [0.4, 0.5) is 13.2 Å². The maximum atomic E-state index is 13.8. The van der Waals surface area contributed by atoms with Crippen molar-refractivity contribution in [2.24, 2.45) is 0 Å². The summed E-state index contributed by atoms with van der Waals surface area (Å²) in [6.45, 7) is 5.83. The van der Waals surface area contributed by atoms with Gasteiger partial charge in [0.1, 0.15) is 17.5 Å². The lowest BCUT2D eigenvalue weighted by molar-refractivity contribution is 0.471. The van der Waals surface area contributed by atoms with E-state index in [1.54, 1.807) is 6.92 Å². The van der Waals surface area contributed by atoms with E-state index in [1.807, 2.05) is 0 Å². The monoisotopic (exact) mass is 226 g/mol. The Hall–Kier alpha value is -0.925. The molecule has 0 bridgehead atoms. The number of rotatable bonds is 2. The van der Waals surface area contributed by atoms with Crippen LogP contribution in [0.5, 0.6) is 0 Å². The predicted molar refractivity (Wildman–Crippen MR) is 59.2 cm³/mol. The molecule has 1 rings (SSSR count). The number of halogens is 3. The minimum atomic E-state index is -1.13. The summed E-state index contributed by atoms with van der Waals surface area (Å²) in [5, 5.41) is -1.13. The molecular weight excluding hydrogens is 212 g/mol. The van der Waals surface area contributed by atoms with Gasteiger partial charge in [-0.05, 0) is 19.2 Å². The van der Waals surface area contributed by atoms with E-state index >= 15 is 0 Å². The highest BCUT2D eigenvalue weighted by molar-refractivity contribution is 6.15. The Morgan fingerprint density at radius 2 is 1.38 bits per heavy atom. The van der Waals surface area contributed by atoms with Gasteiger partial charge in [0, 0.05) is 16.7 Å². The summed E-state index contributed by atoms with van der Waals surface area (Å²) in [4.78, 5) is 0. The predicted octanol–water partition coefficient (Wildman–Crippen LogP) is 3.51. The lowest BCUT2D eigenvalue weighted by atomic mass is 9.63. The molecule has 0 N–H and O–H groups in total. The van der Waals surface area contributed by atoms with Crippen molar-refractivity contribution in [1.29, 1.82) is 0 Å². The van der Waals surface area contributed by atoms with Crippen molar-refractivity contribution in [3.05, 3.63) is 34.1 Å². The summed E-state index contributed by atoms with van der Waals surface area (Å²) in [7, 11) is 5.82. The Bertz CT molecular complexity index is 396. The standard InChI is InChI=1S/C12H14BF3/c1-5-12(4,13)8-10(15)6(2)9(14)7(3)11(8)16/h5H2,1-4H3. The van der Waals surface area contributed by atoms with Crippen molar-refractivity contribution in [2.75, 3.05) is 0 Å². The summed E-state index contributed by atoms with van der Waals surface area (Å²) in [5.41, 5.74) is -0.593. The van der Waals surface area contributed by atoms with Gasteiger partial charge in [0.2, 0.25) is 0 Å². The smallest absolute Gasteiger partial charge is 0.134 e. The Morgan fingerprint density at radius 1 is 1.00 bits per heavy atom. The number of hydrogen-bond donors (Lipinski definition) is 0. The molecule has 0 aliphatic heterocycles. The van der Waals surface area contributed by atoms with Gasteiger partial charge in [-0.3, -0.25) is 0 Å². The summed E-state index contributed by atoms with van der Waals surface area (Å²) >= 11 is 0. The van der Waals surface area contributed by atoms with Gasteiger partial charge in [0.15, 0.2) is 0 Å². The molecule has 0 nitrogen and oxygen atoms in total. The third-order valence-corrected chi connectivity index (χ3v) is 3.06. The maximum absolute atomic E-state index is 13.8. The zero-order valence-corrected chi connectivity index (χ0v) is 9.92. The molecule has 1 unspecified atom stereocenters. The van der Waals surface area contributed by atoms with Crippen LogP contribution < -0.4 is 0 Å². The molecule has 1 aromatic rings. The largest absolute Gasteiger partial charge is 0.206 e. The SMILES string of the molecule is [B]C(C)(CC)c1c(F)c(C)c(F)c(C)c1F. The lowest BCUT2D eigenvalue weighted by Crippen LogP contribution is -2.26. The summed E-state index contributed by atoms with van der Waals surface area (Å²) in [6.07, 6.45) is 0.366. The van der Waals surface area contributed by atoms with Gasteiger partial charge in [-0.25, -0.2) is 13.2 Å². The topological polar surface area (TPSA) is 0 Å². The molecule has 1 atom stereocenters. The molecule has 16 heavy (non-hydrogen) atoms. The molecule has 86 valence electrons. The van der Waals surface area contributed by atoms with Crippen LogP contribution in [0.1, 0.15) is 37.0 Å². The van der Waals surface area contributed by atoms with Gasteiger partial charge >= 0.3 is 0 Å². The molecule has 2 radical (unpaired) electrons. The molecule has 4 heteroatoms. The third kappa shape index (κ3) is 1.85. The van der Waals surface area contributed by atoms with Crippen molar-refractivity contribution >= 4 is 7.85 Å². The quantitative estimate of drug-likeness (QED) is 0.677. The molecule has 0 spiro atoms. The van der Waals surface area contributed by atoms with Crippen LogP contribution in [-0.2, 0) is 5.31 Å². The van der Waals surface area contributed by atoms with E-state index in [2.05, 4.69) is 0 Å². The van der Waals surface area contributed by atoms with E-state index in [4.69, 9.17) is 7.85 Å². The molecule has 0 aliphatic carbocycles. The first-order valence-corrected chi connectivity index (χ1v) is 5.17. The fraction of sp³-hybridized carbons (Fsp3) is 0.500. The van der Waals surface area contributed by atoms with E-state index in [0.717, 1.165) is 0 Å². The van der Waals surface area contributed by atoms with Crippen molar-refractivity contribution in [1.82, 2.24) is 0 Å². The minimum absolute atomic E-state index is 0.181. The van der Waals surface area contributed by atoms with Crippen LogP contribution in [0, 0.1) is 31.3 Å². The zero-order chi connectivity index (χ0) is 12.7. The highest BCUT2D eigenvalue weighted by atomic mass is 19.1. The molecule has 0 saturated carbocycles. The second-order valence-corrected chi connectivity index (χ2v) is 4.34.